The van der Waals surface area contributed by atoms with E-state index in [2.05, 4.69) is 47.3 Å². The summed E-state index contributed by atoms with van der Waals surface area (Å²) in [6, 6.07) is 0. The number of carboxylic acid groups (broad SMARTS) is 1. The molecule has 35 heavy (non-hydrogen) atoms. The second-order valence-electron chi connectivity index (χ2n) is 14.0. The smallest absolute Gasteiger partial charge is 0.309 e. The van der Waals surface area contributed by atoms with E-state index in [1.807, 2.05) is 6.92 Å². The average molecular weight is 485 g/mol. The molecule has 4 rings (SSSR count). The predicted octanol–water partition coefficient (Wildman–Crippen LogP) is 7.58. The predicted molar refractivity (Wildman–Crippen MR) is 140 cm³/mol. The molecular formula is C31H48O4. The summed E-state index contributed by atoms with van der Waals surface area (Å²) >= 11 is 0. The zero-order chi connectivity index (χ0) is 26.0. The topological polar surface area (TPSA) is 63.6 Å². The van der Waals surface area contributed by atoms with E-state index >= 15 is 0 Å². The number of methoxy groups -OCH3 is 1. The highest BCUT2D eigenvalue weighted by atomic mass is 16.5. The second kappa shape index (κ2) is 8.48. The molecular weight excluding hydrogens is 436 g/mol. The van der Waals surface area contributed by atoms with Crippen LogP contribution in [0.5, 0.6) is 0 Å². The number of hydrogen-bond donors (Lipinski definition) is 1. The van der Waals surface area contributed by atoms with E-state index in [1.54, 1.807) is 5.57 Å². The summed E-state index contributed by atoms with van der Waals surface area (Å²) < 4.78 is 5.04. The molecule has 0 bridgehead atoms. The van der Waals surface area contributed by atoms with E-state index in [-0.39, 0.29) is 27.6 Å². The molecule has 3 fully saturated rings. The van der Waals surface area contributed by atoms with Gasteiger partial charge in [-0.15, -0.1) is 0 Å². The van der Waals surface area contributed by atoms with Gasteiger partial charge in [-0.25, -0.2) is 0 Å². The Hall–Kier alpha value is -1.58. The van der Waals surface area contributed by atoms with Crippen LogP contribution in [0.15, 0.2) is 23.8 Å². The van der Waals surface area contributed by atoms with Gasteiger partial charge in [0.15, 0.2) is 0 Å². The Bertz CT molecular complexity index is 950. The van der Waals surface area contributed by atoms with Crippen molar-refractivity contribution in [3.05, 3.63) is 23.8 Å². The van der Waals surface area contributed by atoms with Crippen LogP contribution in [0, 0.1) is 44.8 Å². The SMILES string of the molecule is C=C(C)[C@@H]1CC[C@]2(C)[C@H](CC=C3[C@@H]4C[C@@](C)(C(=O)O)CC[C@]4(C)CC[C@]32C)[C@@]1(C)CCC(=O)OC. The highest BCUT2D eigenvalue weighted by Gasteiger charge is 2.65. The molecule has 0 aliphatic heterocycles. The Morgan fingerprint density at radius 1 is 1.09 bits per heavy atom. The number of carboxylic acids is 1. The maximum Gasteiger partial charge on any atom is 0.309 e. The van der Waals surface area contributed by atoms with Crippen LogP contribution < -0.4 is 0 Å². The van der Waals surface area contributed by atoms with Crippen molar-refractivity contribution in [2.45, 2.75) is 106 Å². The van der Waals surface area contributed by atoms with Crippen LogP contribution in [0.25, 0.3) is 0 Å². The van der Waals surface area contributed by atoms with E-state index < -0.39 is 11.4 Å². The van der Waals surface area contributed by atoms with Gasteiger partial charge >= 0.3 is 11.9 Å². The summed E-state index contributed by atoms with van der Waals surface area (Å²) in [4.78, 5) is 24.5. The molecule has 0 aromatic rings. The van der Waals surface area contributed by atoms with E-state index in [0.29, 0.717) is 24.2 Å². The van der Waals surface area contributed by atoms with Gasteiger partial charge in [0.1, 0.15) is 0 Å². The molecule has 0 aromatic heterocycles. The second-order valence-corrected chi connectivity index (χ2v) is 14.0. The lowest BCUT2D eigenvalue weighted by Crippen LogP contribution is -2.61. The zero-order valence-electron chi connectivity index (χ0n) is 23.3. The largest absolute Gasteiger partial charge is 0.481 e. The van der Waals surface area contributed by atoms with Crippen LogP contribution in [-0.4, -0.2) is 24.2 Å². The molecule has 196 valence electrons. The van der Waals surface area contributed by atoms with Gasteiger partial charge in [0.25, 0.3) is 0 Å². The van der Waals surface area contributed by atoms with Crippen LogP contribution in [0.2, 0.25) is 0 Å². The van der Waals surface area contributed by atoms with Gasteiger partial charge in [-0.05, 0) is 111 Å². The van der Waals surface area contributed by atoms with E-state index in [0.717, 1.165) is 44.9 Å². The van der Waals surface area contributed by atoms with Gasteiger partial charge in [0.05, 0.1) is 12.5 Å². The minimum atomic E-state index is -0.635. The first kappa shape index (κ1) is 26.5. The summed E-state index contributed by atoms with van der Waals surface area (Å²) in [6.45, 7) is 18.4. The number of ether oxygens (including phenoxy) is 1. The Balaban J connectivity index is 1.77. The fourth-order valence-electron chi connectivity index (χ4n) is 9.55. The number of aliphatic carboxylic acids is 1. The van der Waals surface area contributed by atoms with Crippen LogP contribution in [-0.2, 0) is 14.3 Å². The minimum absolute atomic E-state index is 0.0129. The third-order valence-electron chi connectivity index (χ3n) is 12.3. The van der Waals surface area contributed by atoms with Gasteiger partial charge in [-0.3, -0.25) is 9.59 Å². The Labute approximate surface area is 213 Å². The van der Waals surface area contributed by atoms with Crippen molar-refractivity contribution in [3.8, 4) is 0 Å². The number of carbonyl (C=O) groups is 2. The zero-order valence-corrected chi connectivity index (χ0v) is 23.3. The molecule has 0 saturated heterocycles. The van der Waals surface area contributed by atoms with Crippen molar-refractivity contribution < 1.29 is 19.4 Å². The minimum Gasteiger partial charge on any atom is -0.481 e. The van der Waals surface area contributed by atoms with E-state index in [1.165, 1.54) is 25.5 Å². The Morgan fingerprint density at radius 2 is 1.74 bits per heavy atom. The van der Waals surface area contributed by atoms with Crippen molar-refractivity contribution in [2.24, 2.45) is 44.8 Å². The van der Waals surface area contributed by atoms with Crippen molar-refractivity contribution in [3.63, 3.8) is 0 Å². The fraction of sp³-hybridized carbons (Fsp3) is 0.806. The number of carbonyl (C=O) groups excluding carboxylic acids is 1. The van der Waals surface area contributed by atoms with Crippen molar-refractivity contribution >= 4 is 11.9 Å². The lowest BCUT2D eigenvalue weighted by atomic mass is 9.35. The van der Waals surface area contributed by atoms with Gasteiger partial charge < -0.3 is 9.84 Å². The quantitative estimate of drug-likeness (QED) is 0.323. The van der Waals surface area contributed by atoms with Crippen molar-refractivity contribution in [1.82, 2.24) is 0 Å². The summed E-state index contributed by atoms with van der Waals surface area (Å²) in [5.41, 5.74) is 2.53. The monoisotopic (exact) mass is 484 g/mol. The molecule has 1 N–H and O–H groups in total. The third kappa shape index (κ3) is 3.75. The van der Waals surface area contributed by atoms with Crippen molar-refractivity contribution in [1.29, 1.82) is 0 Å². The maximum atomic E-state index is 12.3. The molecule has 4 heteroatoms. The normalized spacial score (nSPS) is 46.9. The lowest BCUT2D eigenvalue weighted by Gasteiger charge is -2.69. The van der Waals surface area contributed by atoms with Gasteiger partial charge in [0, 0.05) is 6.42 Å². The molecule has 0 aromatic carbocycles. The molecule has 3 saturated carbocycles. The summed E-state index contributed by atoms with van der Waals surface area (Å²) in [5.74, 6) is 0.449. The molecule has 0 radical (unpaired) electrons. The average Bonchev–Trinajstić information content (AvgIpc) is 2.79. The Morgan fingerprint density at radius 3 is 2.34 bits per heavy atom. The molecule has 0 unspecified atom stereocenters. The van der Waals surface area contributed by atoms with Gasteiger partial charge in [-0.1, -0.05) is 51.5 Å². The highest BCUT2D eigenvalue weighted by molar-refractivity contribution is 5.74. The summed E-state index contributed by atoms with van der Waals surface area (Å²) in [5, 5.41) is 10.1. The molecule has 0 spiro atoms. The number of rotatable bonds is 5. The number of fused-ring (bicyclic) bond motifs is 5. The molecule has 8 atom stereocenters. The standard InChI is InChI=1S/C31H48O4/c1-20(2)21-11-14-31(7)24(29(21,5)13-12-25(32)35-8)10-9-22-23-19-28(4,26(33)34)16-15-27(23,3)17-18-30(22,31)6/h9,21,23-24H,1,10-19H2,2-8H3,(H,33,34)/t21-,23-,24+,27+,28-,29-,30+,31+/m0/s1. The van der Waals surface area contributed by atoms with Gasteiger partial charge in [-0.2, -0.15) is 0 Å². The van der Waals surface area contributed by atoms with Crippen molar-refractivity contribution in [2.75, 3.05) is 7.11 Å². The summed E-state index contributed by atoms with van der Waals surface area (Å²) in [7, 11) is 1.48. The first-order valence-electron chi connectivity index (χ1n) is 13.8. The third-order valence-corrected chi connectivity index (χ3v) is 12.3. The first-order valence-corrected chi connectivity index (χ1v) is 13.8. The lowest BCUT2D eigenvalue weighted by molar-refractivity contribution is -0.161. The Kier molecular flexibility index (Phi) is 6.42. The van der Waals surface area contributed by atoms with Crippen LogP contribution in [0.1, 0.15) is 106 Å². The van der Waals surface area contributed by atoms with Gasteiger partial charge in [0.2, 0.25) is 0 Å². The molecule has 0 amide bonds. The summed E-state index contributed by atoms with van der Waals surface area (Å²) in [6.07, 6.45) is 12.0. The number of hydrogen-bond acceptors (Lipinski definition) is 3. The molecule has 4 aliphatic rings. The fourth-order valence-corrected chi connectivity index (χ4v) is 9.55. The molecule has 4 aliphatic carbocycles. The molecule has 4 nitrogen and oxygen atoms in total. The molecule has 0 heterocycles. The van der Waals surface area contributed by atoms with Crippen LogP contribution in [0.3, 0.4) is 0 Å². The van der Waals surface area contributed by atoms with Crippen LogP contribution >= 0.6 is 0 Å². The first-order chi connectivity index (χ1) is 16.2. The van der Waals surface area contributed by atoms with E-state index in [9.17, 15) is 14.7 Å². The maximum absolute atomic E-state index is 12.3. The van der Waals surface area contributed by atoms with Crippen LogP contribution in [0.4, 0.5) is 0 Å². The number of esters is 1. The highest BCUT2D eigenvalue weighted by Crippen LogP contribution is 2.74. The van der Waals surface area contributed by atoms with E-state index in [4.69, 9.17) is 4.74 Å². The number of allylic oxidation sites excluding steroid dienone is 3.